The molecule has 2 rings (SSSR count). The highest BCUT2D eigenvalue weighted by molar-refractivity contribution is 9.10. The van der Waals surface area contributed by atoms with E-state index in [1.165, 1.54) is 30.3 Å². The van der Waals surface area contributed by atoms with Crippen molar-refractivity contribution in [1.82, 2.24) is 0 Å². The topological polar surface area (TPSA) is 92.5 Å². The number of anilines is 2. The second kappa shape index (κ2) is 5.88. The normalized spacial score (nSPS) is 10.2. The number of nitrogens with one attached hydrogen (secondary N) is 1. The zero-order valence-corrected chi connectivity index (χ0v) is 11.9. The summed E-state index contributed by atoms with van der Waals surface area (Å²) in [7, 11) is 0. The van der Waals surface area contributed by atoms with Gasteiger partial charge in [-0.25, -0.2) is 9.18 Å². The van der Waals surface area contributed by atoms with Crippen molar-refractivity contribution in [3.63, 3.8) is 0 Å². The molecule has 6 nitrogen and oxygen atoms in total. The van der Waals surface area contributed by atoms with Crippen molar-refractivity contribution in [3.05, 3.63) is 62.4 Å². The van der Waals surface area contributed by atoms with Crippen molar-refractivity contribution in [2.75, 3.05) is 5.32 Å². The summed E-state index contributed by atoms with van der Waals surface area (Å²) in [5.41, 5.74) is -0.0270. The number of hydrogen-bond donors (Lipinski definition) is 2. The largest absolute Gasteiger partial charge is 0.478 e. The third kappa shape index (κ3) is 3.34. The molecule has 0 aliphatic rings. The molecule has 0 amide bonds. The second-order valence-corrected chi connectivity index (χ2v) is 4.90. The van der Waals surface area contributed by atoms with Crippen molar-refractivity contribution in [1.29, 1.82) is 0 Å². The van der Waals surface area contributed by atoms with Gasteiger partial charge >= 0.3 is 5.97 Å². The van der Waals surface area contributed by atoms with Crippen LogP contribution in [0.15, 0.2) is 40.9 Å². The summed E-state index contributed by atoms with van der Waals surface area (Å²) < 4.78 is 13.3. The lowest BCUT2D eigenvalue weighted by Crippen LogP contribution is -2.01. The summed E-state index contributed by atoms with van der Waals surface area (Å²) in [6, 6.07) is 7.53. The van der Waals surface area contributed by atoms with Crippen LogP contribution in [0.5, 0.6) is 0 Å². The molecule has 2 aromatic rings. The predicted molar refractivity (Wildman–Crippen MR) is 77.4 cm³/mol. The summed E-state index contributed by atoms with van der Waals surface area (Å²) in [5.74, 6) is -1.72. The Labute approximate surface area is 126 Å². The first-order chi connectivity index (χ1) is 9.88. The van der Waals surface area contributed by atoms with E-state index in [2.05, 4.69) is 21.2 Å². The van der Waals surface area contributed by atoms with Crippen LogP contribution < -0.4 is 5.32 Å². The van der Waals surface area contributed by atoms with E-state index in [1.54, 1.807) is 0 Å². The molecule has 0 bridgehead atoms. The van der Waals surface area contributed by atoms with E-state index in [4.69, 9.17) is 5.11 Å². The van der Waals surface area contributed by atoms with E-state index in [0.717, 1.165) is 6.07 Å². The van der Waals surface area contributed by atoms with E-state index in [0.29, 0.717) is 5.69 Å². The Morgan fingerprint density at radius 1 is 1.29 bits per heavy atom. The number of halogens is 2. The Balaban J connectivity index is 2.41. The molecule has 0 radical (unpaired) electrons. The monoisotopic (exact) mass is 354 g/mol. The number of rotatable bonds is 4. The Morgan fingerprint density at radius 3 is 2.57 bits per heavy atom. The molecular formula is C13H8BrFN2O4. The van der Waals surface area contributed by atoms with Crippen LogP contribution in [0.25, 0.3) is 0 Å². The average molecular weight is 355 g/mol. The van der Waals surface area contributed by atoms with E-state index in [9.17, 15) is 19.3 Å². The summed E-state index contributed by atoms with van der Waals surface area (Å²) >= 11 is 3.01. The first-order valence-corrected chi connectivity index (χ1v) is 6.41. The molecule has 0 unspecified atom stereocenters. The summed E-state index contributed by atoms with van der Waals surface area (Å²) in [4.78, 5) is 21.2. The molecule has 0 aliphatic carbocycles. The van der Waals surface area contributed by atoms with Gasteiger partial charge in [0.2, 0.25) is 0 Å². The Bertz CT molecular complexity index is 736. The van der Waals surface area contributed by atoms with Gasteiger partial charge in [0.1, 0.15) is 11.5 Å². The summed E-state index contributed by atoms with van der Waals surface area (Å²) in [6.45, 7) is 0. The third-order valence-corrected chi connectivity index (χ3v) is 3.25. The number of hydrogen-bond acceptors (Lipinski definition) is 4. The molecule has 0 aliphatic heterocycles. The Kier molecular flexibility index (Phi) is 4.18. The summed E-state index contributed by atoms with van der Waals surface area (Å²) in [6.07, 6.45) is 0. The number of nitro groups is 1. The van der Waals surface area contributed by atoms with E-state index >= 15 is 0 Å². The molecular weight excluding hydrogens is 347 g/mol. The third-order valence-electron chi connectivity index (χ3n) is 2.64. The highest BCUT2D eigenvalue weighted by atomic mass is 79.9. The van der Waals surface area contributed by atoms with E-state index < -0.39 is 16.7 Å². The fraction of sp³-hybridized carbons (Fsp3) is 0. The lowest BCUT2D eigenvalue weighted by molar-refractivity contribution is -0.383. The molecule has 2 aromatic carbocycles. The molecule has 0 fully saturated rings. The number of aromatic carboxylic acids is 1. The standard InChI is InChI=1S/C13H8BrFN2O4/c14-9-6-8(2-3-10(9)15)16-11-4-1-7(13(18)19)5-12(11)17(20)21/h1-6,16H,(H,18,19). The van der Waals surface area contributed by atoms with Crippen LogP contribution in [-0.2, 0) is 0 Å². The van der Waals surface area contributed by atoms with Crippen LogP contribution in [0.2, 0.25) is 0 Å². The van der Waals surface area contributed by atoms with Gasteiger partial charge in [-0.3, -0.25) is 10.1 Å². The van der Waals surface area contributed by atoms with E-state index in [-0.39, 0.29) is 21.4 Å². The van der Waals surface area contributed by atoms with Gasteiger partial charge in [0.25, 0.3) is 5.69 Å². The van der Waals surface area contributed by atoms with Gasteiger partial charge in [0, 0.05) is 11.8 Å². The van der Waals surface area contributed by atoms with Crippen LogP contribution in [-0.4, -0.2) is 16.0 Å². The highest BCUT2D eigenvalue weighted by Crippen LogP contribution is 2.30. The first-order valence-electron chi connectivity index (χ1n) is 5.62. The molecule has 0 saturated heterocycles. The summed E-state index contributed by atoms with van der Waals surface area (Å²) in [5, 5.41) is 22.6. The van der Waals surface area contributed by atoms with Crippen molar-refractivity contribution < 1.29 is 19.2 Å². The molecule has 0 heterocycles. The van der Waals surface area contributed by atoms with Gasteiger partial charge in [-0.15, -0.1) is 0 Å². The smallest absolute Gasteiger partial charge is 0.335 e. The minimum absolute atomic E-state index is 0.114. The Morgan fingerprint density at radius 2 is 2.00 bits per heavy atom. The van der Waals surface area contributed by atoms with Crippen LogP contribution in [0.4, 0.5) is 21.5 Å². The quantitative estimate of drug-likeness (QED) is 0.640. The lowest BCUT2D eigenvalue weighted by Gasteiger charge is -2.08. The molecule has 0 atom stereocenters. The molecule has 0 saturated carbocycles. The predicted octanol–water partition coefficient (Wildman–Crippen LogP) is 3.94. The van der Waals surface area contributed by atoms with Gasteiger partial charge in [-0.1, -0.05) is 0 Å². The van der Waals surface area contributed by atoms with Crippen molar-refractivity contribution in [2.45, 2.75) is 0 Å². The lowest BCUT2D eigenvalue weighted by atomic mass is 10.1. The molecule has 2 N–H and O–H groups in total. The maximum atomic E-state index is 13.1. The molecule has 0 aromatic heterocycles. The zero-order chi connectivity index (χ0) is 15.6. The van der Waals surface area contributed by atoms with Gasteiger partial charge < -0.3 is 10.4 Å². The molecule has 8 heteroatoms. The minimum Gasteiger partial charge on any atom is -0.478 e. The average Bonchev–Trinajstić information content (AvgIpc) is 2.43. The van der Waals surface area contributed by atoms with Crippen LogP contribution in [0.3, 0.4) is 0 Å². The van der Waals surface area contributed by atoms with Crippen molar-refractivity contribution in [3.8, 4) is 0 Å². The molecule has 108 valence electrons. The number of benzene rings is 2. The number of carboxylic acid groups (broad SMARTS) is 1. The number of nitrogens with zero attached hydrogens (tertiary/aromatic N) is 1. The first kappa shape index (κ1) is 14.9. The van der Waals surface area contributed by atoms with Gasteiger partial charge in [0.15, 0.2) is 0 Å². The maximum Gasteiger partial charge on any atom is 0.335 e. The zero-order valence-electron chi connectivity index (χ0n) is 10.3. The molecule has 21 heavy (non-hydrogen) atoms. The van der Waals surface area contributed by atoms with E-state index in [1.807, 2.05) is 0 Å². The number of carbonyl (C=O) groups is 1. The number of nitro benzene ring substituents is 1. The number of carboxylic acids is 1. The fourth-order valence-corrected chi connectivity index (χ4v) is 2.03. The van der Waals surface area contributed by atoms with Crippen LogP contribution in [0, 0.1) is 15.9 Å². The van der Waals surface area contributed by atoms with Crippen molar-refractivity contribution in [2.24, 2.45) is 0 Å². The molecule has 0 spiro atoms. The highest BCUT2D eigenvalue weighted by Gasteiger charge is 2.17. The van der Waals surface area contributed by atoms with Crippen LogP contribution >= 0.6 is 15.9 Å². The van der Waals surface area contributed by atoms with Gasteiger partial charge in [-0.2, -0.15) is 0 Å². The maximum absolute atomic E-state index is 13.1. The fourth-order valence-electron chi connectivity index (χ4n) is 1.65. The van der Waals surface area contributed by atoms with Crippen molar-refractivity contribution >= 4 is 39.0 Å². The SMILES string of the molecule is O=C(O)c1ccc(Nc2ccc(F)c(Br)c2)c([N+](=O)[O-])c1. The minimum atomic E-state index is -1.26. The second-order valence-electron chi connectivity index (χ2n) is 4.05. The van der Waals surface area contributed by atoms with Gasteiger partial charge in [-0.05, 0) is 46.3 Å². The van der Waals surface area contributed by atoms with Crippen LogP contribution in [0.1, 0.15) is 10.4 Å². The van der Waals surface area contributed by atoms with Gasteiger partial charge in [0.05, 0.1) is 15.0 Å². The Hall–Kier alpha value is -2.48.